The van der Waals surface area contributed by atoms with Gasteiger partial charge in [-0.3, -0.25) is 4.68 Å². The van der Waals surface area contributed by atoms with E-state index >= 15 is 0 Å². The van der Waals surface area contributed by atoms with Crippen LogP contribution in [0.1, 0.15) is 26.5 Å². The van der Waals surface area contributed by atoms with E-state index in [0.717, 1.165) is 0 Å². The number of hydrogen-bond donors (Lipinski definition) is 3. The van der Waals surface area contributed by atoms with Crippen LogP contribution in [0.25, 0.3) is 0 Å². The summed E-state index contributed by atoms with van der Waals surface area (Å²) in [5, 5.41) is 18.2. The second-order valence-corrected chi connectivity index (χ2v) is 5.45. The van der Waals surface area contributed by atoms with E-state index in [1.165, 1.54) is 0 Å². The van der Waals surface area contributed by atoms with Crippen LogP contribution in [0.4, 0.5) is 4.79 Å². The first-order chi connectivity index (χ1) is 8.70. The molecule has 1 atom stereocenters. The molecule has 0 saturated heterocycles. The molecule has 0 aliphatic carbocycles. The molecule has 0 fully saturated rings. The van der Waals surface area contributed by atoms with Gasteiger partial charge in [0.2, 0.25) is 0 Å². The van der Waals surface area contributed by atoms with Gasteiger partial charge in [-0.15, -0.1) is 0 Å². The zero-order valence-corrected chi connectivity index (χ0v) is 11.6. The van der Waals surface area contributed by atoms with E-state index in [4.69, 9.17) is 5.11 Å². The van der Waals surface area contributed by atoms with E-state index in [2.05, 4.69) is 15.7 Å². The van der Waals surface area contributed by atoms with Crippen molar-refractivity contribution in [1.82, 2.24) is 20.4 Å². The standard InChI is InChI=1S/C12H20N4O3/c1-12(2,3)9(10(17)18)14-11(19)13-7-8-5-6-16(4)15-8/h5-6,9H,7H2,1-4H3,(H,17,18)(H2,13,14,19)/t9-/m0/s1. The lowest BCUT2D eigenvalue weighted by Crippen LogP contribution is -2.52. The number of nitrogens with one attached hydrogen (secondary N) is 2. The van der Waals surface area contributed by atoms with Gasteiger partial charge in [-0.1, -0.05) is 20.8 Å². The molecule has 7 nitrogen and oxygen atoms in total. The summed E-state index contributed by atoms with van der Waals surface area (Å²) in [6, 6.07) is 0.308. The number of aliphatic carboxylic acids is 1. The van der Waals surface area contributed by atoms with Crippen LogP contribution in [0.15, 0.2) is 12.3 Å². The molecule has 1 aromatic rings. The number of aromatic nitrogens is 2. The molecule has 3 N–H and O–H groups in total. The Labute approximate surface area is 112 Å². The van der Waals surface area contributed by atoms with Crippen molar-refractivity contribution in [3.8, 4) is 0 Å². The maximum absolute atomic E-state index is 11.7. The van der Waals surface area contributed by atoms with Gasteiger partial charge in [0, 0.05) is 13.2 Å². The third-order valence-electron chi connectivity index (χ3n) is 2.59. The first-order valence-electron chi connectivity index (χ1n) is 5.96. The number of aryl methyl sites for hydroxylation is 1. The number of rotatable bonds is 4. The minimum absolute atomic E-state index is 0.253. The van der Waals surface area contributed by atoms with Gasteiger partial charge in [0.25, 0.3) is 0 Å². The molecule has 1 heterocycles. The van der Waals surface area contributed by atoms with Gasteiger partial charge >= 0.3 is 12.0 Å². The molecule has 0 radical (unpaired) electrons. The van der Waals surface area contributed by atoms with Crippen LogP contribution in [-0.2, 0) is 18.4 Å². The Hall–Kier alpha value is -2.05. The summed E-state index contributed by atoms with van der Waals surface area (Å²) in [5.74, 6) is -1.06. The predicted molar refractivity (Wildman–Crippen MR) is 69.5 cm³/mol. The first-order valence-corrected chi connectivity index (χ1v) is 5.96. The lowest BCUT2D eigenvalue weighted by atomic mass is 9.87. The molecular weight excluding hydrogens is 248 g/mol. The zero-order chi connectivity index (χ0) is 14.6. The topological polar surface area (TPSA) is 96.2 Å². The average Bonchev–Trinajstić information content (AvgIpc) is 2.67. The fraction of sp³-hybridized carbons (Fsp3) is 0.583. The van der Waals surface area contributed by atoms with E-state index in [9.17, 15) is 9.59 Å². The lowest BCUT2D eigenvalue weighted by molar-refractivity contribution is -0.141. The average molecular weight is 268 g/mol. The Bertz CT molecular complexity index is 462. The predicted octanol–water partition coefficient (Wildman–Crippen LogP) is 0.719. The molecule has 0 bridgehead atoms. The second-order valence-electron chi connectivity index (χ2n) is 5.45. The third kappa shape index (κ3) is 4.61. The SMILES string of the molecule is Cn1ccc(CNC(=O)N[C@@H](C(=O)O)C(C)(C)C)n1. The maximum Gasteiger partial charge on any atom is 0.326 e. The number of carboxylic acid groups (broad SMARTS) is 1. The van der Waals surface area contributed by atoms with Crippen molar-refractivity contribution in [2.75, 3.05) is 0 Å². The number of urea groups is 1. The molecule has 0 spiro atoms. The van der Waals surface area contributed by atoms with Crippen molar-refractivity contribution in [3.05, 3.63) is 18.0 Å². The highest BCUT2D eigenvalue weighted by molar-refractivity contribution is 5.83. The van der Waals surface area contributed by atoms with Crippen LogP contribution >= 0.6 is 0 Å². The minimum Gasteiger partial charge on any atom is -0.480 e. The normalized spacial score (nSPS) is 12.8. The van der Waals surface area contributed by atoms with Gasteiger partial charge < -0.3 is 15.7 Å². The molecule has 7 heteroatoms. The van der Waals surface area contributed by atoms with Crippen LogP contribution in [-0.4, -0.2) is 32.9 Å². The summed E-state index contributed by atoms with van der Waals surface area (Å²) in [6.45, 7) is 5.52. The lowest BCUT2D eigenvalue weighted by Gasteiger charge is -2.27. The molecule has 0 saturated carbocycles. The highest BCUT2D eigenvalue weighted by Crippen LogP contribution is 2.19. The van der Waals surface area contributed by atoms with Gasteiger partial charge in [0.1, 0.15) is 6.04 Å². The van der Waals surface area contributed by atoms with Gasteiger partial charge in [0.15, 0.2) is 0 Å². The molecule has 1 rings (SSSR count). The van der Waals surface area contributed by atoms with Crippen LogP contribution in [0.2, 0.25) is 0 Å². The summed E-state index contributed by atoms with van der Waals surface area (Å²) in [7, 11) is 1.78. The molecular formula is C12H20N4O3. The van der Waals surface area contributed by atoms with Crippen LogP contribution in [0.5, 0.6) is 0 Å². The molecule has 19 heavy (non-hydrogen) atoms. The first kappa shape index (κ1) is 15.0. The van der Waals surface area contributed by atoms with Gasteiger partial charge in [-0.05, 0) is 11.5 Å². The van der Waals surface area contributed by atoms with E-state index in [1.54, 1.807) is 44.8 Å². The number of carbonyl (C=O) groups is 2. The smallest absolute Gasteiger partial charge is 0.326 e. The molecule has 0 aromatic carbocycles. The number of nitrogens with zero attached hydrogens (tertiary/aromatic N) is 2. The zero-order valence-electron chi connectivity index (χ0n) is 11.6. The largest absolute Gasteiger partial charge is 0.480 e. The highest BCUT2D eigenvalue weighted by Gasteiger charge is 2.32. The number of carbonyl (C=O) groups excluding carboxylic acids is 1. The summed E-state index contributed by atoms with van der Waals surface area (Å²) in [5.41, 5.74) is 0.147. The van der Waals surface area contributed by atoms with Crippen molar-refractivity contribution in [2.45, 2.75) is 33.4 Å². The molecule has 106 valence electrons. The fourth-order valence-corrected chi connectivity index (χ4v) is 1.56. The van der Waals surface area contributed by atoms with Gasteiger partial charge in [-0.2, -0.15) is 5.10 Å². The van der Waals surface area contributed by atoms with E-state index in [-0.39, 0.29) is 6.54 Å². The molecule has 1 aromatic heterocycles. The van der Waals surface area contributed by atoms with Crippen LogP contribution < -0.4 is 10.6 Å². The van der Waals surface area contributed by atoms with E-state index < -0.39 is 23.5 Å². The Morgan fingerprint density at radius 2 is 2.11 bits per heavy atom. The summed E-state index contributed by atoms with van der Waals surface area (Å²) in [6.07, 6.45) is 1.77. The minimum atomic E-state index is -1.06. The van der Waals surface area contributed by atoms with Crippen molar-refractivity contribution >= 4 is 12.0 Å². The monoisotopic (exact) mass is 268 g/mol. The number of carboxylic acids is 1. The quantitative estimate of drug-likeness (QED) is 0.749. The molecule has 0 aliphatic rings. The summed E-state index contributed by atoms with van der Waals surface area (Å²) >= 11 is 0. The second kappa shape index (κ2) is 5.73. The molecule has 2 amide bonds. The summed E-state index contributed by atoms with van der Waals surface area (Å²) in [4.78, 5) is 22.8. The third-order valence-corrected chi connectivity index (χ3v) is 2.59. The van der Waals surface area contributed by atoms with E-state index in [0.29, 0.717) is 5.69 Å². The van der Waals surface area contributed by atoms with E-state index in [1.807, 2.05) is 0 Å². The van der Waals surface area contributed by atoms with Crippen molar-refractivity contribution in [3.63, 3.8) is 0 Å². The number of amides is 2. The fourth-order valence-electron chi connectivity index (χ4n) is 1.56. The maximum atomic E-state index is 11.7. The van der Waals surface area contributed by atoms with Crippen molar-refractivity contribution in [1.29, 1.82) is 0 Å². The summed E-state index contributed by atoms with van der Waals surface area (Å²) < 4.78 is 1.63. The molecule has 0 unspecified atom stereocenters. The molecule has 0 aliphatic heterocycles. The van der Waals surface area contributed by atoms with Gasteiger partial charge in [0.05, 0.1) is 12.2 Å². The Morgan fingerprint density at radius 1 is 1.47 bits per heavy atom. The van der Waals surface area contributed by atoms with Crippen LogP contribution in [0.3, 0.4) is 0 Å². The Morgan fingerprint density at radius 3 is 2.53 bits per heavy atom. The van der Waals surface area contributed by atoms with Crippen molar-refractivity contribution in [2.24, 2.45) is 12.5 Å². The van der Waals surface area contributed by atoms with Crippen LogP contribution in [0, 0.1) is 5.41 Å². The number of hydrogen-bond acceptors (Lipinski definition) is 3. The highest BCUT2D eigenvalue weighted by atomic mass is 16.4. The Kier molecular flexibility index (Phi) is 4.52. The Balaban J connectivity index is 2.52. The van der Waals surface area contributed by atoms with Gasteiger partial charge in [-0.25, -0.2) is 9.59 Å². The van der Waals surface area contributed by atoms with Crippen molar-refractivity contribution < 1.29 is 14.7 Å².